The molecule has 0 aliphatic rings. The molecule has 1 unspecified atom stereocenters. The fraction of sp³-hybridized carbons (Fsp3) is 0.333. The zero-order valence-corrected chi connectivity index (χ0v) is 13.3. The summed E-state index contributed by atoms with van der Waals surface area (Å²) in [5.41, 5.74) is 9.32. The first-order valence-electron chi connectivity index (χ1n) is 6.68. The van der Waals surface area contributed by atoms with E-state index < -0.39 is 0 Å². The Bertz CT molecular complexity index is 566. The molecule has 0 spiro atoms. The third kappa shape index (κ3) is 3.35. The average Bonchev–Trinajstić information content (AvgIpc) is 2.42. The summed E-state index contributed by atoms with van der Waals surface area (Å²) in [4.78, 5) is 8.47. The molecule has 3 N–H and O–H groups in total. The van der Waals surface area contributed by atoms with Crippen molar-refractivity contribution < 1.29 is 0 Å². The largest absolute Gasteiger partial charge is 0.383 e. The molecule has 0 aliphatic heterocycles. The Morgan fingerprint density at radius 1 is 1.40 bits per heavy atom. The van der Waals surface area contributed by atoms with Gasteiger partial charge in [0.25, 0.3) is 0 Å². The monoisotopic (exact) mass is 334 g/mol. The van der Waals surface area contributed by atoms with Crippen LogP contribution in [0.2, 0.25) is 0 Å². The van der Waals surface area contributed by atoms with Crippen LogP contribution in [0.15, 0.2) is 35.2 Å². The minimum atomic E-state index is 0.00801. The number of pyridine rings is 2. The van der Waals surface area contributed by atoms with Crippen molar-refractivity contribution in [2.75, 3.05) is 12.3 Å². The van der Waals surface area contributed by atoms with Gasteiger partial charge in [0.2, 0.25) is 0 Å². The second kappa shape index (κ2) is 6.81. The molecule has 20 heavy (non-hydrogen) atoms. The topological polar surface area (TPSA) is 63.8 Å². The van der Waals surface area contributed by atoms with Crippen molar-refractivity contribution in [3.8, 4) is 0 Å². The van der Waals surface area contributed by atoms with Crippen molar-refractivity contribution in [1.82, 2.24) is 15.3 Å². The highest BCUT2D eigenvalue weighted by Crippen LogP contribution is 2.29. The van der Waals surface area contributed by atoms with Gasteiger partial charge >= 0.3 is 0 Å². The van der Waals surface area contributed by atoms with Crippen molar-refractivity contribution in [3.63, 3.8) is 0 Å². The number of aryl methyl sites for hydroxylation is 1. The van der Waals surface area contributed by atoms with E-state index in [1.807, 2.05) is 12.3 Å². The minimum absolute atomic E-state index is 0.00801. The Balaban J connectivity index is 2.47. The second-order valence-corrected chi connectivity index (χ2v) is 5.67. The highest BCUT2D eigenvalue weighted by Gasteiger charge is 2.19. The standard InChI is InChI=1S/C15H19BrN4/c1-3-5-19-14(11-7-12(16)9-18-8-11)13-10(2)4-6-20-15(13)17/h4,6-9,14,19H,3,5H2,1-2H3,(H2,17,20). The van der Waals surface area contributed by atoms with Gasteiger partial charge in [0.15, 0.2) is 0 Å². The van der Waals surface area contributed by atoms with Crippen molar-refractivity contribution in [1.29, 1.82) is 0 Å². The quantitative estimate of drug-likeness (QED) is 0.881. The Morgan fingerprint density at radius 3 is 2.85 bits per heavy atom. The summed E-state index contributed by atoms with van der Waals surface area (Å²) in [5.74, 6) is 0.568. The van der Waals surface area contributed by atoms with E-state index in [2.05, 4.69) is 51.1 Å². The number of hydrogen-bond acceptors (Lipinski definition) is 4. The summed E-state index contributed by atoms with van der Waals surface area (Å²) in [6, 6.07) is 4.05. The van der Waals surface area contributed by atoms with Gasteiger partial charge in [-0.15, -0.1) is 0 Å². The minimum Gasteiger partial charge on any atom is -0.383 e. The summed E-state index contributed by atoms with van der Waals surface area (Å²) < 4.78 is 0.957. The smallest absolute Gasteiger partial charge is 0.128 e. The van der Waals surface area contributed by atoms with Crippen LogP contribution in [0.1, 0.15) is 36.1 Å². The molecule has 0 saturated heterocycles. The van der Waals surface area contributed by atoms with Crippen LogP contribution in [0, 0.1) is 6.92 Å². The van der Waals surface area contributed by atoms with Gasteiger partial charge < -0.3 is 11.1 Å². The Kier molecular flexibility index (Phi) is 5.09. The zero-order chi connectivity index (χ0) is 14.5. The number of aromatic nitrogens is 2. The summed E-state index contributed by atoms with van der Waals surface area (Å²) in [5, 5.41) is 3.53. The van der Waals surface area contributed by atoms with Crippen LogP contribution in [0.5, 0.6) is 0 Å². The van der Waals surface area contributed by atoms with E-state index in [1.54, 1.807) is 12.4 Å². The van der Waals surface area contributed by atoms with Gasteiger partial charge in [-0.1, -0.05) is 6.92 Å². The lowest BCUT2D eigenvalue weighted by atomic mass is 9.96. The van der Waals surface area contributed by atoms with Gasteiger partial charge in [0.05, 0.1) is 6.04 Å². The van der Waals surface area contributed by atoms with Crippen molar-refractivity contribution in [2.24, 2.45) is 0 Å². The third-order valence-corrected chi connectivity index (χ3v) is 3.62. The lowest BCUT2D eigenvalue weighted by Crippen LogP contribution is -2.25. The van der Waals surface area contributed by atoms with Crippen LogP contribution in [0.4, 0.5) is 5.82 Å². The van der Waals surface area contributed by atoms with Crippen LogP contribution >= 0.6 is 15.9 Å². The van der Waals surface area contributed by atoms with Crippen LogP contribution in [0.25, 0.3) is 0 Å². The van der Waals surface area contributed by atoms with Gasteiger partial charge in [-0.3, -0.25) is 4.98 Å². The van der Waals surface area contributed by atoms with Crippen molar-refractivity contribution in [3.05, 3.63) is 51.9 Å². The lowest BCUT2D eigenvalue weighted by molar-refractivity contribution is 0.594. The normalized spacial score (nSPS) is 12.3. The molecule has 0 aromatic carbocycles. The van der Waals surface area contributed by atoms with E-state index in [1.165, 1.54) is 0 Å². The zero-order valence-electron chi connectivity index (χ0n) is 11.7. The molecule has 4 nitrogen and oxygen atoms in total. The first-order valence-corrected chi connectivity index (χ1v) is 7.47. The molecule has 2 aromatic rings. The van der Waals surface area contributed by atoms with Crippen LogP contribution in [0.3, 0.4) is 0 Å². The molecule has 2 rings (SSSR count). The summed E-state index contributed by atoms with van der Waals surface area (Å²) in [6.45, 7) is 5.10. The maximum absolute atomic E-state index is 6.09. The summed E-state index contributed by atoms with van der Waals surface area (Å²) >= 11 is 3.47. The number of hydrogen-bond donors (Lipinski definition) is 2. The molecular formula is C15H19BrN4. The highest BCUT2D eigenvalue weighted by atomic mass is 79.9. The van der Waals surface area contributed by atoms with Crippen LogP contribution in [-0.4, -0.2) is 16.5 Å². The van der Waals surface area contributed by atoms with E-state index in [-0.39, 0.29) is 6.04 Å². The van der Waals surface area contributed by atoms with Crippen LogP contribution < -0.4 is 11.1 Å². The summed E-state index contributed by atoms with van der Waals surface area (Å²) in [6.07, 6.45) is 6.44. The van der Waals surface area contributed by atoms with Gasteiger partial charge in [-0.25, -0.2) is 4.98 Å². The molecular weight excluding hydrogens is 316 g/mol. The number of nitrogens with one attached hydrogen (secondary N) is 1. The maximum atomic E-state index is 6.09. The molecule has 0 fully saturated rings. The SMILES string of the molecule is CCCNC(c1cncc(Br)c1)c1c(C)ccnc1N. The number of nitrogens with zero attached hydrogens (tertiary/aromatic N) is 2. The van der Waals surface area contributed by atoms with Gasteiger partial charge in [-0.05, 0) is 59.1 Å². The number of halogens is 1. The predicted molar refractivity (Wildman–Crippen MR) is 85.5 cm³/mol. The van der Waals surface area contributed by atoms with Crippen molar-refractivity contribution >= 4 is 21.7 Å². The van der Waals surface area contributed by atoms with Gasteiger partial charge in [0.1, 0.15) is 5.82 Å². The number of rotatable bonds is 5. The Hall–Kier alpha value is -1.46. The molecule has 0 amide bonds. The molecule has 1 atom stereocenters. The molecule has 0 aliphatic carbocycles. The fourth-order valence-corrected chi connectivity index (χ4v) is 2.61. The molecule has 2 aromatic heterocycles. The molecule has 0 radical (unpaired) electrons. The Labute approximate surface area is 128 Å². The number of anilines is 1. The van der Waals surface area contributed by atoms with Gasteiger partial charge in [0, 0.05) is 28.6 Å². The Morgan fingerprint density at radius 2 is 2.20 bits per heavy atom. The molecule has 5 heteroatoms. The maximum Gasteiger partial charge on any atom is 0.128 e. The average molecular weight is 335 g/mol. The van der Waals surface area contributed by atoms with Crippen molar-refractivity contribution in [2.45, 2.75) is 26.3 Å². The van der Waals surface area contributed by atoms with E-state index in [0.29, 0.717) is 5.82 Å². The number of nitrogens with two attached hydrogens (primary N) is 1. The molecule has 106 valence electrons. The van der Waals surface area contributed by atoms with E-state index in [0.717, 1.165) is 34.1 Å². The van der Waals surface area contributed by atoms with Crippen LogP contribution in [-0.2, 0) is 0 Å². The first kappa shape index (κ1) is 14.9. The first-order chi connectivity index (χ1) is 9.63. The lowest BCUT2D eigenvalue weighted by Gasteiger charge is -2.22. The number of nitrogen functional groups attached to an aromatic ring is 1. The van der Waals surface area contributed by atoms with E-state index in [9.17, 15) is 0 Å². The highest BCUT2D eigenvalue weighted by molar-refractivity contribution is 9.10. The molecule has 0 bridgehead atoms. The second-order valence-electron chi connectivity index (χ2n) is 4.75. The third-order valence-electron chi connectivity index (χ3n) is 3.19. The summed E-state index contributed by atoms with van der Waals surface area (Å²) in [7, 11) is 0. The predicted octanol–water partition coefficient (Wildman–Crippen LogP) is 3.22. The van der Waals surface area contributed by atoms with E-state index >= 15 is 0 Å². The molecule has 0 saturated carbocycles. The molecule has 2 heterocycles. The van der Waals surface area contributed by atoms with E-state index in [4.69, 9.17) is 5.73 Å². The fourth-order valence-electron chi connectivity index (χ4n) is 2.23. The van der Waals surface area contributed by atoms with Gasteiger partial charge in [-0.2, -0.15) is 0 Å².